The molecule has 11 heteroatoms. The largest absolute Gasteiger partial charge is 0.489 e. The van der Waals surface area contributed by atoms with E-state index in [9.17, 15) is 0 Å². The zero-order chi connectivity index (χ0) is 20.1. The Morgan fingerprint density at radius 3 is 2.11 bits per heavy atom. The van der Waals surface area contributed by atoms with Crippen LogP contribution >= 0.6 is 69.6 Å². The van der Waals surface area contributed by atoms with Gasteiger partial charge in [-0.2, -0.15) is 0 Å². The van der Waals surface area contributed by atoms with Crippen LogP contribution in [-0.4, -0.2) is 39.2 Å². The van der Waals surface area contributed by atoms with Gasteiger partial charge in [0.05, 0.1) is 29.5 Å². The molecule has 1 rings (SSSR count). The van der Waals surface area contributed by atoms with Gasteiger partial charge in [0.1, 0.15) is 34.6 Å². The minimum Gasteiger partial charge on any atom is -0.489 e. The van der Waals surface area contributed by atoms with E-state index < -0.39 is 0 Å². The highest BCUT2D eigenvalue weighted by Crippen LogP contribution is 2.36. The van der Waals surface area contributed by atoms with E-state index in [1.165, 1.54) is 18.4 Å². The predicted molar refractivity (Wildman–Crippen MR) is 112 cm³/mol. The van der Waals surface area contributed by atoms with Crippen LogP contribution in [0.4, 0.5) is 0 Å². The fourth-order valence-electron chi connectivity index (χ4n) is 1.52. The van der Waals surface area contributed by atoms with Crippen molar-refractivity contribution in [2.45, 2.75) is 0 Å². The van der Waals surface area contributed by atoms with Gasteiger partial charge in [-0.15, -0.1) is 0 Å². The van der Waals surface area contributed by atoms with Crippen molar-refractivity contribution in [1.29, 1.82) is 0 Å². The van der Waals surface area contributed by atoms with Crippen LogP contribution < -0.4 is 9.47 Å². The van der Waals surface area contributed by atoms with Crippen LogP contribution in [0.5, 0.6) is 11.5 Å². The van der Waals surface area contributed by atoms with Crippen molar-refractivity contribution in [1.82, 2.24) is 0 Å². The van der Waals surface area contributed by atoms with E-state index in [2.05, 4.69) is 5.16 Å². The molecule has 0 spiro atoms. The number of nitrogens with zero attached hydrogens (tertiary/aromatic N) is 1. The number of hydrogen-bond acceptors (Lipinski definition) is 5. The van der Waals surface area contributed by atoms with E-state index in [1.807, 2.05) is 0 Å². The number of rotatable bonds is 12. The van der Waals surface area contributed by atoms with Crippen molar-refractivity contribution < 1.29 is 19.0 Å². The lowest BCUT2D eigenvalue weighted by Crippen LogP contribution is -2.08. The minimum absolute atomic E-state index is 0.111. The molecule has 0 aliphatic heterocycles. The van der Waals surface area contributed by atoms with Crippen molar-refractivity contribution in [3.63, 3.8) is 0 Å². The van der Waals surface area contributed by atoms with Crippen LogP contribution in [0.1, 0.15) is 0 Å². The first-order valence-electron chi connectivity index (χ1n) is 7.38. The third-order valence-electron chi connectivity index (χ3n) is 2.59. The number of oxime groups is 1. The molecule has 0 heterocycles. The summed E-state index contributed by atoms with van der Waals surface area (Å²) in [6.07, 6.45) is 4.40. The summed E-state index contributed by atoms with van der Waals surface area (Å²) < 4.78 is 16.5. The van der Waals surface area contributed by atoms with Crippen LogP contribution in [0.15, 0.2) is 38.4 Å². The van der Waals surface area contributed by atoms with Gasteiger partial charge in [0, 0.05) is 12.1 Å². The SMILES string of the molecule is ClC(Cl)=CCO/N=C\COCCOc1c(Cl)cc(OCC=C(Cl)Cl)cc1Cl. The zero-order valence-corrected chi connectivity index (χ0v) is 18.3. The summed E-state index contributed by atoms with van der Waals surface area (Å²) >= 11 is 34.1. The van der Waals surface area contributed by atoms with Gasteiger partial charge in [0.25, 0.3) is 0 Å². The van der Waals surface area contributed by atoms with Gasteiger partial charge in [0.2, 0.25) is 0 Å². The Morgan fingerprint density at radius 2 is 1.48 bits per heavy atom. The van der Waals surface area contributed by atoms with E-state index >= 15 is 0 Å². The Morgan fingerprint density at radius 1 is 0.852 bits per heavy atom. The standard InChI is InChI=1S/C16H15Cl6NO4/c17-12-9-11(25-4-1-14(19)20)10-13(18)16(12)26-8-7-24-6-3-23-27-5-2-15(21)22/h1-3,9-10H,4-8H2/b23-3-. The summed E-state index contributed by atoms with van der Waals surface area (Å²) in [6.45, 7) is 1.14. The number of ether oxygens (including phenoxy) is 3. The molecule has 0 aliphatic carbocycles. The highest BCUT2D eigenvalue weighted by atomic mass is 35.5. The van der Waals surface area contributed by atoms with Crippen molar-refractivity contribution in [3.8, 4) is 11.5 Å². The monoisotopic (exact) mass is 495 g/mol. The summed E-state index contributed by atoms with van der Waals surface area (Å²) in [5.74, 6) is 0.794. The van der Waals surface area contributed by atoms with Gasteiger partial charge < -0.3 is 19.0 Å². The van der Waals surface area contributed by atoms with Crippen LogP contribution in [0.3, 0.4) is 0 Å². The van der Waals surface area contributed by atoms with Gasteiger partial charge in [-0.05, 0) is 12.2 Å². The van der Waals surface area contributed by atoms with Gasteiger partial charge in [-0.1, -0.05) is 74.8 Å². The van der Waals surface area contributed by atoms with Crippen LogP contribution in [0, 0.1) is 0 Å². The summed E-state index contributed by atoms with van der Waals surface area (Å²) in [5, 5.41) is 4.25. The fraction of sp³-hybridized carbons (Fsp3) is 0.312. The molecule has 0 bridgehead atoms. The van der Waals surface area contributed by atoms with E-state index in [0.29, 0.717) is 28.2 Å². The topological polar surface area (TPSA) is 49.3 Å². The predicted octanol–water partition coefficient (Wildman–Crippen LogP) is 6.41. The first-order valence-corrected chi connectivity index (χ1v) is 9.65. The number of hydrogen-bond donors (Lipinski definition) is 0. The molecule has 1 aromatic carbocycles. The Labute approximate surface area is 187 Å². The molecule has 0 atom stereocenters. The lowest BCUT2D eigenvalue weighted by Gasteiger charge is -2.12. The second-order valence-corrected chi connectivity index (χ2v) is 7.35. The molecule has 0 aromatic heterocycles. The van der Waals surface area contributed by atoms with Gasteiger partial charge in [0.15, 0.2) is 5.75 Å². The Bertz CT molecular complexity index is 650. The molecule has 5 nitrogen and oxygen atoms in total. The fourth-order valence-corrected chi connectivity index (χ4v) is 2.35. The highest BCUT2D eigenvalue weighted by molar-refractivity contribution is 6.56. The molecule has 0 radical (unpaired) electrons. The van der Waals surface area contributed by atoms with E-state index in [1.54, 1.807) is 12.1 Å². The quantitative estimate of drug-likeness (QED) is 0.190. The minimum atomic E-state index is 0.111. The van der Waals surface area contributed by atoms with Crippen LogP contribution in [0.2, 0.25) is 10.0 Å². The first-order chi connectivity index (χ1) is 12.9. The molecule has 0 fully saturated rings. The molecule has 0 amide bonds. The van der Waals surface area contributed by atoms with Crippen molar-refractivity contribution >= 4 is 75.8 Å². The summed E-state index contributed by atoms with van der Waals surface area (Å²) in [6, 6.07) is 3.15. The molecule has 150 valence electrons. The molecule has 0 saturated carbocycles. The summed E-state index contributed by atoms with van der Waals surface area (Å²) in [4.78, 5) is 4.85. The van der Waals surface area contributed by atoms with Crippen molar-refractivity contribution in [3.05, 3.63) is 43.3 Å². The van der Waals surface area contributed by atoms with E-state index in [0.717, 1.165) is 0 Å². The molecule has 0 N–H and O–H groups in total. The van der Waals surface area contributed by atoms with Crippen molar-refractivity contribution in [2.75, 3.05) is 33.0 Å². The Hall–Kier alpha value is -0.530. The van der Waals surface area contributed by atoms with Crippen molar-refractivity contribution in [2.24, 2.45) is 5.16 Å². The average molecular weight is 498 g/mol. The highest BCUT2D eigenvalue weighted by Gasteiger charge is 2.10. The molecule has 1 aromatic rings. The molecule has 27 heavy (non-hydrogen) atoms. The number of halogens is 6. The van der Waals surface area contributed by atoms with Gasteiger partial charge >= 0.3 is 0 Å². The molecule has 0 unspecified atom stereocenters. The second kappa shape index (κ2) is 14.5. The summed E-state index contributed by atoms with van der Waals surface area (Å²) in [7, 11) is 0. The second-order valence-electron chi connectivity index (χ2n) is 4.52. The maximum atomic E-state index is 6.15. The normalized spacial score (nSPS) is 10.6. The van der Waals surface area contributed by atoms with Gasteiger partial charge in [-0.25, -0.2) is 0 Å². The zero-order valence-electron chi connectivity index (χ0n) is 13.8. The summed E-state index contributed by atoms with van der Waals surface area (Å²) in [5.41, 5.74) is 0. The van der Waals surface area contributed by atoms with Crippen LogP contribution in [0.25, 0.3) is 0 Å². The molecular formula is C16H15Cl6NO4. The van der Waals surface area contributed by atoms with E-state index in [4.69, 9.17) is 88.7 Å². The lowest BCUT2D eigenvalue weighted by molar-refractivity contribution is 0.124. The van der Waals surface area contributed by atoms with E-state index in [-0.39, 0.29) is 35.4 Å². The molecular weight excluding hydrogens is 483 g/mol. The first kappa shape index (κ1) is 24.5. The van der Waals surface area contributed by atoms with Gasteiger partial charge in [-0.3, -0.25) is 0 Å². The third kappa shape index (κ3) is 11.8. The van der Waals surface area contributed by atoms with Crippen LogP contribution in [-0.2, 0) is 9.57 Å². The maximum Gasteiger partial charge on any atom is 0.156 e. The molecule has 0 saturated heterocycles. The lowest BCUT2D eigenvalue weighted by atomic mass is 10.3. The molecule has 0 aliphatic rings. The number of benzene rings is 1. The Kier molecular flexibility index (Phi) is 13.1. The smallest absolute Gasteiger partial charge is 0.156 e. The maximum absolute atomic E-state index is 6.15. The average Bonchev–Trinajstić information content (AvgIpc) is 2.58. The Balaban J connectivity index is 2.31. The third-order valence-corrected chi connectivity index (χ3v) is 3.77.